The SMILES string of the molecule is CCC[C@@H]1CN(c2ncnc3sccc23)C[C@H]1C(=O)O. The highest BCUT2D eigenvalue weighted by atomic mass is 32.1. The molecule has 2 atom stereocenters. The molecule has 3 heterocycles. The Labute approximate surface area is 121 Å². The molecule has 0 unspecified atom stereocenters. The summed E-state index contributed by atoms with van der Waals surface area (Å²) in [4.78, 5) is 23.1. The van der Waals surface area contributed by atoms with Crippen molar-refractivity contribution >= 4 is 33.3 Å². The van der Waals surface area contributed by atoms with E-state index < -0.39 is 5.97 Å². The second-order valence-corrected chi connectivity index (χ2v) is 6.13. The van der Waals surface area contributed by atoms with Crippen LogP contribution in [0.3, 0.4) is 0 Å². The molecule has 0 aromatic carbocycles. The molecule has 1 aliphatic heterocycles. The maximum absolute atomic E-state index is 11.4. The van der Waals surface area contributed by atoms with Crippen LogP contribution in [0.25, 0.3) is 10.2 Å². The summed E-state index contributed by atoms with van der Waals surface area (Å²) in [7, 11) is 0. The van der Waals surface area contributed by atoms with Gasteiger partial charge in [-0.05, 0) is 23.8 Å². The number of aromatic nitrogens is 2. The monoisotopic (exact) mass is 291 g/mol. The maximum atomic E-state index is 11.4. The molecule has 6 heteroatoms. The second kappa shape index (κ2) is 5.36. The van der Waals surface area contributed by atoms with E-state index in [-0.39, 0.29) is 11.8 Å². The number of thiophene rings is 1. The van der Waals surface area contributed by atoms with E-state index in [0.29, 0.717) is 6.54 Å². The summed E-state index contributed by atoms with van der Waals surface area (Å²) in [6.07, 6.45) is 3.53. The number of carbonyl (C=O) groups is 1. The summed E-state index contributed by atoms with van der Waals surface area (Å²) in [6, 6.07) is 2.01. The van der Waals surface area contributed by atoms with Gasteiger partial charge in [-0.25, -0.2) is 9.97 Å². The van der Waals surface area contributed by atoms with Crippen LogP contribution in [0, 0.1) is 11.8 Å². The highest BCUT2D eigenvalue weighted by molar-refractivity contribution is 7.16. The quantitative estimate of drug-likeness (QED) is 0.938. The van der Waals surface area contributed by atoms with Gasteiger partial charge in [-0.2, -0.15) is 0 Å². The zero-order valence-corrected chi connectivity index (χ0v) is 12.1. The van der Waals surface area contributed by atoms with Crippen molar-refractivity contribution in [3.8, 4) is 0 Å². The van der Waals surface area contributed by atoms with Crippen LogP contribution in [0.5, 0.6) is 0 Å². The van der Waals surface area contributed by atoms with Crippen molar-refractivity contribution in [1.82, 2.24) is 9.97 Å². The van der Waals surface area contributed by atoms with Gasteiger partial charge >= 0.3 is 5.97 Å². The first-order chi connectivity index (χ1) is 9.70. The first kappa shape index (κ1) is 13.3. The van der Waals surface area contributed by atoms with E-state index >= 15 is 0 Å². The van der Waals surface area contributed by atoms with Gasteiger partial charge in [0.25, 0.3) is 0 Å². The Hall–Kier alpha value is -1.69. The van der Waals surface area contributed by atoms with Gasteiger partial charge in [-0.1, -0.05) is 13.3 Å². The number of carboxylic acids is 1. The molecule has 2 aromatic rings. The number of hydrogen-bond acceptors (Lipinski definition) is 5. The lowest BCUT2D eigenvalue weighted by Crippen LogP contribution is -2.24. The van der Waals surface area contributed by atoms with E-state index in [1.54, 1.807) is 17.7 Å². The van der Waals surface area contributed by atoms with Gasteiger partial charge in [0.15, 0.2) is 0 Å². The molecule has 0 bridgehead atoms. The molecular formula is C14H17N3O2S. The summed E-state index contributed by atoms with van der Waals surface area (Å²) in [6.45, 7) is 3.41. The number of hydrogen-bond donors (Lipinski definition) is 1. The van der Waals surface area contributed by atoms with E-state index in [1.165, 1.54) is 0 Å². The van der Waals surface area contributed by atoms with Crippen molar-refractivity contribution in [3.63, 3.8) is 0 Å². The average Bonchev–Trinajstić information content (AvgIpc) is 3.04. The molecule has 106 valence electrons. The van der Waals surface area contributed by atoms with Crippen molar-refractivity contribution in [1.29, 1.82) is 0 Å². The van der Waals surface area contributed by atoms with Crippen LogP contribution in [0.4, 0.5) is 5.82 Å². The largest absolute Gasteiger partial charge is 0.481 e. The number of rotatable bonds is 4. The minimum atomic E-state index is -0.693. The molecule has 1 saturated heterocycles. The number of fused-ring (bicyclic) bond motifs is 1. The molecule has 1 aliphatic rings. The molecular weight excluding hydrogens is 274 g/mol. The van der Waals surface area contributed by atoms with Crippen LogP contribution in [0.15, 0.2) is 17.8 Å². The van der Waals surface area contributed by atoms with Crippen molar-refractivity contribution < 1.29 is 9.90 Å². The zero-order valence-electron chi connectivity index (χ0n) is 11.3. The van der Waals surface area contributed by atoms with Crippen LogP contribution in [-0.4, -0.2) is 34.1 Å². The molecule has 0 spiro atoms. The normalized spacial score (nSPS) is 22.6. The lowest BCUT2D eigenvalue weighted by molar-refractivity contribution is -0.142. The standard InChI is InChI=1S/C14H17N3O2S/c1-2-3-9-6-17(7-11(9)14(18)19)12-10-4-5-20-13(10)16-8-15-12/h4-5,8-9,11H,2-3,6-7H2,1H3,(H,18,19)/t9-,11-/m1/s1. The fourth-order valence-electron chi connectivity index (χ4n) is 3.02. The lowest BCUT2D eigenvalue weighted by Gasteiger charge is -2.17. The maximum Gasteiger partial charge on any atom is 0.308 e. The van der Waals surface area contributed by atoms with Crippen LogP contribution in [0.1, 0.15) is 19.8 Å². The molecule has 20 heavy (non-hydrogen) atoms. The molecule has 5 nitrogen and oxygen atoms in total. The highest BCUT2D eigenvalue weighted by Crippen LogP contribution is 2.34. The fourth-order valence-corrected chi connectivity index (χ4v) is 3.74. The van der Waals surface area contributed by atoms with E-state index in [1.807, 2.05) is 11.4 Å². The van der Waals surface area contributed by atoms with Crippen molar-refractivity contribution in [3.05, 3.63) is 17.8 Å². The van der Waals surface area contributed by atoms with E-state index in [9.17, 15) is 9.90 Å². The Kier molecular flexibility index (Phi) is 3.56. The highest BCUT2D eigenvalue weighted by Gasteiger charge is 2.38. The molecule has 3 rings (SSSR count). The van der Waals surface area contributed by atoms with Gasteiger partial charge < -0.3 is 10.0 Å². The van der Waals surface area contributed by atoms with Gasteiger partial charge in [-0.3, -0.25) is 4.79 Å². The minimum Gasteiger partial charge on any atom is -0.481 e. The van der Waals surface area contributed by atoms with E-state index in [2.05, 4.69) is 21.8 Å². The Bertz CT molecular complexity index is 628. The third-order valence-electron chi connectivity index (χ3n) is 3.96. The smallest absolute Gasteiger partial charge is 0.308 e. The van der Waals surface area contributed by atoms with Gasteiger partial charge in [0.05, 0.1) is 11.3 Å². The first-order valence-corrected chi connectivity index (χ1v) is 7.74. The number of anilines is 1. The van der Waals surface area contributed by atoms with Gasteiger partial charge in [0.2, 0.25) is 0 Å². The molecule has 0 radical (unpaired) electrons. The second-order valence-electron chi connectivity index (χ2n) is 5.24. The predicted octanol–water partition coefficient (Wildman–Crippen LogP) is 2.63. The molecule has 0 aliphatic carbocycles. The zero-order chi connectivity index (χ0) is 14.1. The topological polar surface area (TPSA) is 66.3 Å². The Balaban J connectivity index is 1.91. The molecule has 1 N–H and O–H groups in total. The lowest BCUT2D eigenvalue weighted by atomic mass is 9.92. The van der Waals surface area contributed by atoms with Gasteiger partial charge in [-0.15, -0.1) is 11.3 Å². The van der Waals surface area contributed by atoms with Crippen LogP contribution < -0.4 is 4.90 Å². The van der Waals surface area contributed by atoms with Crippen molar-refractivity contribution in [2.24, 2.45) is 11.8 Å². The number of aliphatic carboxylic acids is 1. The third-order valence-corrected chi connectivity index (χ3v) is 4.78. The summed E-state index contributed by atoms with van der Waals surface area (Å²) in [5, 5.41) is 12.4. The molecule has 0 amide bonds. The Morgan fingerprint density at radius 2 is 2.35 bits per heavy atom. The number of nitrogens with zero attached hydrogens (tertiary/aromatic N) is 3. The van der Waals surface area contributed by atoms with E-state index in [4.69, 9.17) is 0 Å². The first-order valence-electron chi connectivity index (χ1n) is 6.86. The van der Waals surface area contributed by atoms with Gasteiger partial charge in [0.1, 0.15) is 17.0 Å². The van der Waals surface area contributed by atoms with Crippen molar-refractivity contribution in [2.45, 2.75) is 19.8 Å². The summed E-state index contributed by atoms with van der Waals surface area (Å²) >= 11 is 1.58. The van der Waals surface area contributed by atoms with E-state index in [0.717, 1.165) is 35.4 Å². The fraction of sp³-hybridized carbons (Fsp3) is 0.500. The minimum absolute atomic E-state index is 0.209. The molecule has 0 saturated carbocycles. The Morgan fingerprint density at radius 1 is 1.50 bits per heavy atom. The third kappa shape index (κ3) is 2.24. The average molecular weight is 291 g/mol. The van der Waals surface area contributed by atoms with Crippen molar-refractivity contribution in [2.75, 3.05) is 18.0 Å². The van der Waals surface area contributed by atoms with Gasteiger partial charge in [0, 0.05) is 13.1 Å². The van der Waals surface area contributed by atoms with Crippen LogP contribution in [0.2, 0.25) is 0 Å². The van der Waals surface area contributed by atoms with Crippen LogP contribution in [-0.2, 0) is 4.79 Å². The summed E-state index contributed by atoms with van der Waals surface area (Å²) < 4.78 is 0. The summed E-state index contributed by atoms with van der Waals surface area (Å²) in [5.74, 6) is 0.0995. The predicted molar refractivity (Wildman–Crippen MR) is 79.2 cm³/mol. The molecule has 2 aromatic heterocycles. The Morgan fingerprint density at radius 3 is 3.10 bits per heavy atom. The molecule has 1 fully saturated rings. The summed E-state index contributed by atoms with van der Waals surface area (Å²) in [5.41, 5.74) is 0. The number of carboxylic acid groups (broad SMARTS) is 1. The van der Waals surface area contributed by atoms with Crippen LogP contribution >= 0.6 is 11.3 Å².